The third-order valence-corrected chi connectivity index (χ3v) is 6.53. The molecule has 1 amide bonds. The molecule has 5 rings (SSSR count). The Morgan fingerprint density at radius 3 is 2.44 bits per heavy atom. The number of nitrogen functional groups attached to an aromatic ring is 1. The van der Waals surface area contributed by atoms with Gasteiger partial charge >= 0.3 is 0 Å². The zero-order chi connectivity index (χ0) is 25.1. The molecular weight excluding hydrogens is 446 g/mol. The van der Waals surface area contributed by atoms with Gasteiger partial charge in [-0.2, -0.15) is 0 Å². The number of amides is 1. The van der Waals surface area contributed by atoms with E-state index in [0.717, 1.165) is 39.9 Å². The van der Waals surface area contributed by atoms with Crippen molar-refractivity contribution < 1.29 is 9.53 Å². The number of nitrogens with one attached hydrogen (secondary N) is 1. The summed E-state index contributed by atoms with van der Waals surface area (Å²) in [5.74, 6) is 0.755. The molecule has 0 aliphatic heterocycles. The number of nitrogens with zero attached hydrogens (tertiary/aromatic N) is 1. The predicted octanol–water partition coefficient (Wildman–Crippen LogP) is 6.44. The third kappa shape index (κ3) is 4.96. The normalized spacial score (nSPS) is 11.8. The highest BCUT2D eigenvalue weighted by Gasteiger charge is 2.13. The molecule has 0 saturated heterocycles. The summed E-state index contributed by atoms with van der Waals surface area (Å²) in [5.41, 5.74) is 12.7. The van der Waals surface area contributed by atoms with E-state index in [1.165, 1.54) is 5.56 Å². The Balaban J connectivity index is 1.29. The summed E-state index contributed by atoms with van der Waals surface area (Å²) in [6.45, 7) is 2.72. The summed E-state index contributed by atoms with van der Waals surface area (Å²) in [6, 6.07) is 32.0. The van der Waals surface area contributed by atoms with Crippen molar-refractivity contribution in [1.82, 2.24) is 9.88 Å². The minimum absolute atomic E-state index is 0.0953. The number of hydrogen-bond donors (Lipinski definition) is 2. The number of rotatable bonds is 7. The van der Waals surface area contributed by atoms with Gasteiger partial charge in [0.15, 0.2) is 0 Å². The van der Waals surface area contributed by atoms with E-state index >= 15 is 0 Å². The van der Waals surface area contributed by atoms with Crippen molar-refractivity contribution in [3.63, 3.8) is 0 Å². The fourth-order valence-corrected chi connectivity index (χ4v) is 4.43. The molecule has 180 valence electrons. The fourth-order valence-electron chi connectivity index (χ4n) is 4.43. The number of carbonyl (C=O) groups is 1. The average molecular weight is 476 g/mol. The highest BCUT2D eigenvalue weighted by molar-refractivity contribution is 5.98. The Morgan fingerprint density at radius 1 is 0.917 bits per heavy atom. The van der Waals surface area contributed by atoms with Gasteiger partial charge in [-0.1, -0.05) is 48.5 Å². The van der Waals surface area contributed by atoms with Crippen LogP contribution in [0.4, 0.5) is 5.69 Å². The van der Waals surface area contributed by atoms with Crippen molar-refractivity contribution in [2.45, 2.75) is 19.5 Å². The van der Waals surface area contributed by atoms with Gasteiger partial charge < -0.3 is 20.4 Å². The van der Waals surface area contributed by atoms with E-state index < -0.39 is 0 Å². The quantitative estimate of drug-likeness (QED) is 0.266. The van der Waals surface area contributed by atoms with Crippen LogP contribution in [0.15, 0.2) is 103 Å². The summed E-state index contributed by atoms with van der Waals surface area (Å²) in [7, 11) is 1.68. The molecule has 0 bridgehead atoms. The molecule has 0 aliphatic carbocycles. The lowest BCUT2D eigenvalue weighted by molar-refractivity contribution is 0.0940. The van der Waals surface area contributed by atoms with Crippen molar-refractivity contribution >= 4 is 22.5 Å². The van der Waals surface area contributed by atoms with E-state index in [4.69, 9.17) is 10.5 Å². The number of methoxy groups -OCH3 is 1. The topological polar surface area (TPSA) is 69.3 Å². The molecule has 4 aromatic carbocycles. The molecule has 0 aliphatic rings. The number of fused-ring (bicyclic) bond motifs is 1. The molecule has 0 unspecified atom stereocenters. The van der Waals surface area contributed by atoms with E-state index in [0.29, 0.717) is 11.3 Å². The van der Waals surface area contributed by atoms with Gasteiger partial charge in [0, 0.05) is 34.9 Å². The standard InChI is InChI=1S/C31H29N3O2/c1-21(23-10-13-28(32)14-11-23)33-31(35)27-12-15-30-26(18-27)16-17-34(30)20-22-6-8-24(9-7-22)25-4-3-5-29(19-25)36-2/h3-19,21H,20,32H2,1-2H3,(H,33,35)/t21-/m0/s1. The summed E-state index contributed by atoms with van der Waals surface area (Å²) in [6.07, 6.45) is 2.07. The second-order valence-corrected chi connectivity index (χ2v) is 9.01. The number of anilines is 1. The van der Waals surface area contributed by atoms with E-state index in [1.807, 2.05) is 67.6 Å². The predicted molar refractivity (Wildman–Crippen MR) is 146 cm³/mol. The van der Waals surface area contributed by atoms with Gasteiger partial charge in [-0.25, -0.2) is 0 Å². The van der Waals surface area contributed by atoms with Gasteiger partial charge in [-0.15, -0.1) is 0 Å². The van der Waals surface area contributed by atoms with Gasteiger partial charge in [-0.3, -0.25) is 4.79 Å². The average Bonchev–Trinajstić information content (AvgIpc) is 3.31. The number of nitrogens with two attached hydrogens (primary N) is 1. The fraction of sp³-hybridized carbons (Fsp3) is 0.129. The van der Waals surface area contributed by atoms with Gasteiger partial charge in [-0.05, 0) is 77.7 Å². The van der Waals surface area contributed by atoms with Crippen LogP contribution in [0.1, 0.15) is 34.5 Å². The van der Waals surface area contributed by atoms with Gasteiger partial charge in [0.1, 0.15) is 5.75 Å². The van der Waals surface area contributed by atoms with Gasteiger partial charge in [0.2, 0.25) is 0 Å². The van der Waals surface area contributed by atoms with E-state index in [9.17, 15) is 4.79 Å². The van der Waals surface area contributed by atoms with Crippen molar-refractivity contribution in [3.05, 3.63) is 120 Å². The Labute approximate surface area is 211 Å². The lowest BCUT2D eigenvalue weighted by atomic mass is 10.0. The lowest BCUT2D eigenvalue weighted by Crippen LogP contribution is -2.26. The maximum atomic E-state index is 12.9. The summed E-state index contributed by atoms with van der Waals surface area (Å²) in [5, 5.41) is 4.11. The first-order valence-electron chi connectivity index (χ1n) is 12.0. The van der Waals surface area contributed by atoms with Crippen LogP contribution in [0.25, 0.3) is 22.0 Å². The number of hydrogen-bond acceptors (Lipinski definition) is 3. The van der Waals surface area contributed by atoms with Crippen LogP contribution in [0.2, 0.25) is 0 Å². The number of aromatic nitrogens is 1. The highest BCUT2D eigenvalue weighted by atomic mass is 16.5. The maximum Gasteiger partial charge on any atom is 0.251 e. The molecule has 1 atom stereocenters. The van der Waals surface area contributed by atoms with Gasteiger partial charge in [0.25, 0.3) is 5.91 Å². The molecule has 1 aromatic heterocycles. The third-order valence-electron chi connectivity index (χ3n) is 6.53. The summed E-state index contributed by atoms with van der Waals surface area (Å²) in [4.78, 5) is 12.9. The van der Waals surface area contributed by atoms with Crippen LogP contribution < -0.4 is 15.8 Å². The summed E-state index contributed by atoms with van der Waals surface area (Å²) < 4.78 is 7.55. The van der Waals surface area contributed by atoms with Crippen LogP contribution in [-0.2, 0) is 6.54 Å². The van der Waals surface area contributed by atoms with Crippen LogP contribution in [0.5, 0.6) is 5.75 Å². The van der Waals surface area contributed by atoms with E-state index in [2.05, 4.69) is 52.5 Å². The van der Waals surface area contributed by atoms with Crippen LogP contribution in [-0.4, -0.2) is 17.6 Å². The molecule has 5 heteroatoms. The van der Waals surface area contributed by atoms with Crippen molar-refractivity contribution in [1.29, 1.82) is 0 Å². The second-order valence-electron chi connectivity index (χ2n) is 9.01. The van der Waals surface area contributed by atoms with E-state index in [1.54, 1.807) is 7.11 Å². The highest BCUT2D eigenvalue weighted by Crippen LogP contribution is 2.25. The minimum Gasteiger partial charge on any atom is -0.497 e. The van der Waals surface area contributed by atoms with E-state index in [-0.39, 0.29) is 11.9 Å². The molecule has 0 saturated carbocycles. The van der Waals surface area contributed by atoms with Crippen LogP contribution >= 0.6 is 0 Å². The maximum absolute atomic E-state index is 12.9. The first kappa shape index (κ1) is 23.2. The molecule has 3 N–H and O–H groups in total. The zero-order valence-electron chi connectivity index (χ0n) is 20.4. The Hall–Kier alpha value is -4.51. The Kier molecular flexibility index (Phi) is 6.46. The second kappa shape index (κ2) is 10.0. The Bertz CT molecular complexity index is 1500. The molecule has 0 radical (unpaired) electrons. The van der Waals surface area contributed by atoms with Crippen molar-refractivity contribution in [3.8, 4) is 16.9 Å². The van der Waals surface area contributed by atoms with Crippen LogP contribution in [0, 0.1) is 0 Å². The summed E-state index contributed by atoms with van der Waals surface area (Å²) >= 11 is 0. The SMILES string of the molecule is COc1cccc(-c2ccc(Cn3ccc4cc(C(=O)N[C@@H](C)c5ccc(N)cc5)ccc43)cc2)c1. The number of carbonyl (C=O) groups excluding carboxylic acids is 1. The molecule has 36 heavy (non-hydrogen) atoms. The largest absolute Gasteiger partial charge is 0.497 e. The van der Waals surface area contributed by atoms with Crippen LogP contribution in [0.3, 0.4) is 0 Å². The molecule has 0 fully saturated rings. The number of ether oxygens (including phenoxy) is 1. The Morgan fingerprint density at radius 2 is 1.69 bits per heavy atom. The minimum atomic E-state index is -0.113. The van der Waals surface area contributed by atoms with Crippen molar-refractivity contribution in [2.75, 3.05) is 12.8 Å². The molecule has 5 aromatic rings. The molecule has 5 nitrogen and oxygen atoms in total. The smallest absolute Gasteiger partial charge is 0.251 e. The number of benzene rings is 4. The molecule has 0 spiro atoms. The molecule has 1 heterocycles. The lowest BCUT2D eigenvalue weighted by Gasteiger charge is -2.15. The van der Waals surface area contributed by atoms with Gasteiger partial charge in [0.05, 0.1) is 13.2 Å². The molecular formula is C31H29N3O2. The first-order valence-corrected chi connectivity index (χ1v) is 12.0. The monoisotopic (exact) mass is 475 g/mol. The first-order chi connectivity index (χ1) is 17.5. The van der Waals surface area contributed by atoms with Crippen molar-refractivity contribution in [2.24, 2.45) is 0 Å². The zero-order valence-corrected chi connectivity index (χ0v) is 20.4.